The van der Waals surface area contributed by atoms with E-state index in [4.69, 9.17) is 0 Å². The van der Waals surface area contributed by atoms with Gasteiger partial charge in [0.05, 0.1) is 6.54 Å². The lowest BCUT2D eigenvalue weighted by Crippen LogP contribution is -2.46. The molecule has 0 aromatic rings. The average Bonchev–Trinajstić information content (AvgIpc) is 2.43. The van der Waals surface area contributed by atoms with Crippen LogP contribution < -0.4 is 5.32 Å². The maximum Gasteiger partial charge on any atom is 0.236 e. The molecule has 1 saturated heterocycles. The summed E-state index contributed by atoms with van der Waals surface area (Å²) in [6.07, 6.45) is 4.71. The Bertz CT molecular complexity index is 254. The summed E-state index contributed by atoms with van der Waals surface area (Å²) < 4.78 is 0. The summed E-state index contributed by atoms with van der Waals surface area (Å²) in [5.74, 6) is 0.273. The molecule has 0 spiro atoms. The van der Waals surface area contributed by atoms with E-state index in [1.165, 1.54) is 6.42 Å². The van der Waals surface area contributed by atoms with E-state index >= 15 is 0 Å². The van der Waals surface area contributed by atoms with Crippen molar-refractivity contribution in [1.29, 1.82) is 0 Å². The van der Waals surface area contributed by atoms with Gasteiger partial charge in [0.25, 0.3) is 0 Å². The van der Waals surface area contributed by atoms with Gasteiger partial charge in [0, 0.05) is 12.6 Å². The fourth-order valence-electron chi connectivity index (χ4n) is 2.73. The number of likely N-dealkylation sites (tertiary alicyclic amines) is 1. The van der Waals surface area contributed by atoms with E-state index in [0.29, 0.717) is 12.6 Å². The van der Waals surface area contributed by atoms with Crippen molar-refractivity contribution in [1.82, 2.24) is 15.1 Å². The van der Waals surface area contributed by atoms with Crippen molar-refractivity contribution in [3.8, 4) is 0 Å². The molecule has 0 bridgehead atoms. The van der Waals surface area contributed by atoms with Gasteiger partial charge in [-0.15, -0.1) is 0 Å². The van der Waals surface area contributed by atoms with Gasteiger partial charge in [-0.2, -0.15) is 0 Å². The van der Waals surface area contributed by atoms with Crippen LogP contribution in [0.3, 0.4) is 0 Å². The lowest BCUT2D eigenvalue weighted by atomic mass is 10.0. The maximum atomic E-state index is 12.1. The highest BCUT2D eigenvalue weighted by molar-refractivity contribution is 5.78. The van der Waals surface area contributed by atoms with Crippen molar-refractivity contribution < 1.29 is 4.79 Å². The molecule has 1 rings (SSSR count). The van der Waals surface area contributed by atoms with E-state index < -0.39 is 0 Å². The van der Waals surface area contributed by atoms with Crippen LogP contribution in [0.25, 0.3) is 0 Å². The molecule has 19 heavy (non-hydrogen) atoms. The highest BCUT2D eigenvalue weighted by Crippen LogP contribution is 2.15. The van der Waals surface area contributed by atoms with Crippen LogP contribution in [0.15, 0.2) is 0 Å². The average molecular weight is 269 g/mol. The van der Waals surface area contributed by atoms with Crippen LogP contribution in [-0.4, -0.2) is 61.0 Å². The molecule has 1 atom stereocenters. The van der Waals surface area contributed by atoms with E-state index in [-0.39, 0.29) is 5.91 Å². The van der Waals surface area contributed by atoms with E-state index in [0.717, 1.165) is 52.0 Å². The summed E-state index contributed by atoms with van der Waals surface area (Å²) in [6.45, 7) is 12.3. The fraction of sp³-hybridized carbons (Fsp3) is 0.933. The zero-order chi connectivity index (χ0) is 14.1. The third-order valence-electron chi connectivity index (χ3n) is 4.12. The molecule has 4 heteroatoms. The van der Waals surface area contributed by atoms with Crippen molar-refractivity contribution in [2.24, 2.45) is 0 Å². The first-order valence-corrected chi connectivity index (χ1v) is 7.91. The molecule has 0 aromatic carbocycles. The number of hydrogen-bond donors (Lipinski definition) is 1. The summed E-state index contributed by atoms with van der Waals surface area (Å²) in [5, 5.41) is 3.29. The number of rotatable bonds is 8. The van der Waals surface area contributed by atoms with E-state index in [1.807, 2.05) is 4.90 Å². The van der Waals surface area contributed by atoms with Gasteiger partial charge in [-0.05, 0) is 58.8 Å². The maximum absolute atomic E-state index is 12.1. The Hall–Kier alpha value is -0.610. The molecule has 1 N–H and O–H groups in total. The Balaban J connectivity index is 2.10. The van der Waals surface area contributed by atoms with Crippen molar-refractivity contribution in [3.05, 3.63) is 0 Å². The number of carbonyl (C=O) groups is 1. The second kappa shape index (κ2) is 9.32. The zero-order valence-corrected chi connectivity index (χ0v) is 13.0. The van der Waals surface area contributed by atoms with E-state index in [9.17, 15) is 4.79 Å². The fourth-order valence-corrected chi connectivity index (χ4v) is 2.73. The second-order valence-electron chi connectivity index (χ2n) is 5.49. The summed E-state index contributed by atoms with van der Waals surface area (Å²) in [4.78, 5) is 16.5. The third kappa shape index (κ3) is 5.91. The van der Waals surface area contributed by atoms with Crippen molar-refractivity contribution in [3.63, 3.8) is 0 Å². The smallest absolute Gasteiger partial charge is 0.236 e. The van der Waals surface area contributed by atoms with Crippen LogP contribution in [0, 0.1) is 0 Å². The van der Waals surface area contributed by atoms with Gasteiger partial charge in [0.15, 0.2) is 0 Å². The molecule has 0 aromatic heterocycles. The van der Waals surface area contributed by atoms with Gasteiger partial charge in [-0.25, -0.2) is 0 Å². The molecule has 1 aliphatic rings. The number of piperidine rings is 1. The second-order valence-corrected chi connectivity index (χ2v) is 5.49. The molecule has 1 unspecified atom stereocenters. The molecular weight excluding hydrogens is 238 g/mol. The number of amides is 1. The molecule has 0 saturated carbocycles. The van der Waals surface area contributed by atoms with Crippen LogP contribution in [0.2, 0.25) is 0 Å². The van der Waals surface area contributed by atoms with E-state index in [1.54, 1.807) is 0 Å². The minimum absolute atomic E-state index is 0.273. The van der Waals surface area contributed by atoms with Crippen molar-refractivity contribution >= 4 is 5.91 Å². The Morgan fingerprint density at radius 1 is 1.32 bits per heavy atom. The zero-order valence-electron chi connectivity index (χ0n) is 13.0. The first kappa shape index (κ1) is 16.4. The molecule has 4 nitrogen and oxygen atoms in total. The summed E-state index contributed by atoms with van der Waals surface area (Å²) in [7, 11) is 0. The largest absolute Gasteiger partial charge is 0.339 e. The molecule has 1 fully saturated rings. The normalized spacial score (nSPS) is 20.0. The van der Waals surface area contributed by atoms with E-state index in [2.05, 4.69) is 31.0 Å². The van der Waals surface area contributed by atoms with Gasteiger partial charge in [0.1, 0.15) is 0 Å². The van der Waals surface area contributed by atoms with Gasteiger partial charge in [-0.3, -0.25) is 4.79 Å². The van der Waals surface area contributed by atoms with Crippen LogP contribution in [-0.2, 0) is 4.79 Å². The molecule has 0 radical (unpaired) electrons. The summed E-state index contributed by atoms with van der Waals surface area (Å²) >= 11 is 0. The highest BCUT2D eigenvalue weighted by atomic mass is 16.2. The Labute approximate surface area is 118 Å². The first-order valence-electron chi connectivity index (χ1n) is 7.91. The molecule has 1 amide bonds. The third-order valence-corrected chi connectivity index (χ3v) is 4.12. The minimum Gasteiger partial charge on any atom is -0.339 e. The van der Waals surface area contributed by atoms with Crippen molar-refractivity contribution in [2.45, 2.75) is 52.5 Å². The first-order chi connectivity index (χ1) is 9.19. The molecular formula is C15H31N3O. The predicted octanol–water partition coefficient (Wildman–Crippen LogP) is 1.71. The molecule has 112 valence electrons. The molecule has 1 aliphatic heterocycles. The minimum atomic E-state index is 0.273. The SMILES string of the molecule is CCN(CC)CCCNCC(=O)N1CCCCC1C. The number of nitrogens with zero attached hydrogens (tertiary/aromatic N) is 2. The molecule has 0 aliphatic carbocycles. The highest BCUT2D eigenvalue weighted by Gasteiger charge is 2.22. The topological polar surface area (TPSA) is 35.6 Å². The Morgan fingerprint density at radius 2 is 2.05 bits per heavy atom. The summed E-state index contributed by atoms with van der Waals surface area (Å²) in [6, 6.07) is 0.429. The lowest BCUT2D eigenvalue weighted by Gasteiger charge is -2.33. The standard InChI is InChI=1S/C15H31N3O/c1-4-17(5-2)11-8-10-16-13-15(19)18-12-7-6-9-14(18)3/h14,16H,4-13H2,1-3H3. The van der Waals surface area contributed by atoms with Gasteiger partial charge in [-0.1, -0.05) is 13.8 Å². The van der Waals surface area contributed by atoms with Crippen LogP contribution in [0.5, 0.6) is 0 Å². The van der Waals surface area contributed by atoms with Gasteiger partial charge < -0.3 is 15.1 Å². The predicted molar refractivity (Wildman–Crippen MR) is 80.3 cm³/mol. The number of hydrogen-bond acceptors (Lipinski definition) is 3. The van der Waals surface area contributed by atoms with Gasteiger partial charge >= 0.3 is 0 Å². The molecule has 1 heterocycles. The summed E-state index contributed by atoms with van der Waals surface area (Å²) in [5.41, 5.74) is 0. The Kier molecular flexibility index (Phi) is 8.07. The lowest BCUT2D eigenvalue weighted by molar-refractivity contribution is -0.133. The Morgan fingerprint density at radius 3 is 2.68 bits per heavy atom. The van der Waals surface area contributed by atoms with Crippen LogP contribution >= 0.6 is 0 Å². The number of carbonyl (C=O) groups excluding carboxylic acids is 1. The number of nitrogens with one attached hydrogen (secondary N) is 1. The van der Waals surface area contributed by atoms with Gasteiger partial charge in [0.2, 0.25) is 5.91 Å². The van der Waals surface area contributed by atoms with Crippen LogP contribution in [0.4, 0.5) is 0 Å². The van der Waals surface area contributed by atoms with Crippen molar-refractivity contribution in [2.75, 3.05) is 39.3 Å². The monoisotopic (exact) mass is 269 g/mol. The quantitative estimate of drug-likeness (QED) is 0.681. The van der Waals surface area contributed by atoms with Crippen LogP contribution in [0.1, 0.15) is 46.5 Å².